The summed E-state index contributed by atoms with van der Waals surface area (Å²) in [6.07, 6.45) is 0. The van der Waals surface area contributed by atoms with Gasteiger partial charge in [-0.2, -0.15) is 0 Å². The molecule has 0 aliphatic carbocycles. The molecule has 0 saturated heterocycles. The molecule has 0 bridgehead atoms. The smallest absolute Gasteiger partial charge is 0.246 e. The molecule has 1 N–H and O–H groups in total. The summed E-state index contributed by atoms with van der Waals surface area (Å²) >= 11 is 1.30. The molecule has 0 spiro atoms. The van der Waals surface area contributed by atoms with Gasteiger partial charge in [0.1, 0.15) is 12.4 Å². The summed E-state index contributed by atoms with van der Waals surface area (Å²) < 4.78 is 15.0. The number of halogens is 1. The van der Waals surface area contributed by atoms with Crippen molar-refractivity contribution in [2.45, 2.75) is 6.54 Å². The second-order valence-electron chi connectivity index (χ2n) is 7.04. The van der Waals surface area contributed by atoms with Crippen molar-refractivity contribution in [3.63, 3.8) is 0 Å². The number of aromatic nitrogens is 2. The minimum Gasteiger partial charge on any atom is -0.331 e. The van der Waals surface area contributed by atoms with Gasteiger partial charge >= 0.3 is 0 Å². The number of anilines is 1. The number of hydrogen-bond donors (Lipinski definition) is 1. The molecule has 2 heterocycles. The van der Waals surface area contributed by atoms with Crippen LogP contribution < -0.4 is 10.7 Å². The maximum atomic E-state index is 13.1. The highest BCUT2D eigenvalue weighted by Gasteiger charge is 2.14. The number of carbonyl (C=O) groups excluding carboxylic acids is 1. The zero-order chi connectivity index (χ0) is 21.4. The Morgan fingerprint density at radius 3 is 2.19 bits per heavy atom. The first-order valence-electron chi connectivity index (χ1n) is 9.62. The van der Waals surface area contributed by atoms with Gasteiger partial charge in [0.25, 0.3) is 0 Å². The fraction of sp³-hybridized carbons (Fsp3) is 0.0417. The van der Waals surface area contributed by atoms with Gasteiger partial charge in [0.2, 0.25) is 5.91 Å². The number of thiazole rings is 1. The SMILES string of the molecule is O=C(Cn1c2ccccc2c(=O)c2ccccc21)Nc1nc(-c2ccc(F)cc2)cs1. The molecule has 5 rings (SSSR count). The molecular weight excluding hydrogens is 413 g/mol. The van der Waals surface area contributed by atoms with E-state index in [0.717, 1.165) is 5.56 Å². The summed E-state index contributed by atoms with van der Waals surface area (Å²) in [5, 5.41) is 6.24. The Balaban J connectivity index is 1.46. The van der Waals surface area contributed by atoms with Crippen LogP contribution in [-0.4, -0.2) is 15.5 Å². The summed E-state index contributed by atoms with van der Waals surface area (Å²) in [5.41, 5.74) is 2.79. The summed E-state index contributed by atoms with van der Waals surface area (Å²) in [6, 6.07) is 20.6. The second-order valence-corrected chi connectivity index (χ2v) is 7.90. The zero-order valence-electron chi connectivity index (χ0n) is 16.2. The van der Waals surface area contributed by atoms with Crippen LogP contribution in [0.4, 0.5) is 9.52 Å². The molecule has 5 nitrogen and oxygen atoms in total. The molecule has 0 radical (unpaired) electrons. The van der Waals surface area contributed by atoms with Crippen molar-refractivity contribution >= 4 is 44.2 Å². The number of pyridine rings is 1. The molecule has 0 aliphatic heterocycles. The summed E-state index contributed by atoms with van der Waals surface area (Å²) in [6.45, 7) is 0.0345. The lowest BCUT2D eigenvalue weighted by molar-refractivity contribution is -0.116. The van der Waals surface area contributed by atoms with Gasteiger partial charge in [-0.25, -0.2) is 9.37 Å². The Hall–Kier alpha value is -3.84. The molecule has 7 heteroatoms. The fourth-order valence-corrected chi connectivity index (χ4v) is 4.37. The minimum absolute atomic E-state index is 0.0345. The van der Waals surface area contributed by atoms with Crippen molar-refractivity contribution < 1.29 is 9.18 Å². The maximum Gasteiger partial charge on any atom is 0.246 e. The number of nitrogens with zero attached hydrogens (tertiary/aromatic N) is 2. The lowest BCUT2D eigenvalue weighted by atomic mass is 10.1. The van der Waals surface area contributed by atoms with Crippen LogP contribution in [0.25, 0.3) is 33.1 Å². The average Bonchev–Trinajstić information content (AvgIpc) is 3.25. The van der Waals surface area contributed by atoms with Crippen molar-refractivity contribution in [3.05, 3.63) is 94.2 Å². The van der Waals surface area contributed by atoms with Crippen LogP contribution in [0, 0.1) is 5.82 Å². The summed E-state index contributed by atoms with van der Waals surface area (Å²) in [5.74, 6) is -0.563. The van der Waals surface area contributed by atoms with Crippen molar-refractivity contribution in [3.8, 4) is 11.3 Å². The van der Waals surface area contributed by atoms with E-state index in [-0.39, 0.29) is 23.7 Å². The minimum atomic E-state index is -0.312. The van der Waals surface area contributed by atoms with Crippen LogP contribution in [0.5, 0.6) is 0 Å². The molecule has 2 aromatic heterocycles. The monoisotopic (exact) mass is 429 g/mol. The van der Waals surface area contributed by atoms with E-state index in [1.54, 1.807) is 24.3 Å². The van der Waals surface area contributed by atoms with Crippen molar-refractivity contribution in [1.29, 1.82) is 0 Å². The number of fused-ring (bicyclic) bond motifs is 2. The maximum absolute atomic E-state index is 13.1. The van der Waals surface area contributed by atoms with E-state index in [1.807, 2.05) is 46.3 Å². The van der Waals surface area contributed by atoms with Gasteiger partial charge in [0.05, 0.1) is 16.7 Å². The number of rotatable bonds is 4. The van der Waals surface area contributed by atoms with Crippen LogP contribution >= 0.6 is 11.3 Å². The van der Waals surface area contributed by atoms with E-state index < -0.39 is 0 Å². The van der Waals surface area contributed by atoms with Crippen molar-refractivity contribution in [1.82, 2.24) is 9.55 Å². The number of amides is 1. The van der Waals surface area contributed by atoms with Gasteiger partial charge < -0.3 is 9.88 Å². The van der Waals surface area contributed by atoms with Crippen LogP contribution in [0.3, 0.4) is 0 Å². The third kappa shape index (κ3) is 3.60. The molecular formula is C24H16FN3O2S. The van der Waals surface area contributed by atoms with E-state index in [4.69, 9.17) is 0 Å². The summed E-state index contributed by atoms with van der Waals surface area (Å²) in [4.78, 5) is 30.1. The van der Waals surface area contributed by atoms with Crippen molar-refractivity contribution in [2.24, 2.45) is 0 Å². The van der Waals surface area contributed by atoms with Crippen molar-refractivity contribution in [2.75, 3.05) is 5.32 Å². The second kappa shape index (κ2) is 7.77. The number of para-hydroxylation sites is 2. The first-order valence-corrected chi connectivity index (χ1v) is 10.5. The molecule has 0 aliphatic rings. The predicted molar refractivity (Wildman–Crippen MR) is 122 cm³/mol. The Labute approximate surface area is 180 Å². The molecule has 0 saturated carbocycles. The summed E-state index contributed by atoms with van der Waals surface area (Å²) in [7, 11) is 0. The molecule has 5 aromatic rings. The predicted octanol–water partition coefficient (Wildman–Crippen LogP) is 5.06. The Morgan fingerprint density at radius 1 is 0.935 bits per heavy atom. The van der Waals surface area contributed by atoms with E-state index in [9.17, 15) is 14.0 Å². The standard InChI is InChI=1S/C24H16FN3O2S/c25-16-11-9-15(10-12-16)19-14-31-24(26-19)27-22(29)13-28-20-7-3-1-5-17(20)23(30)18-6-2-4-8-21(18)28/h1-12,14H,13H2,(H,26,27,29). The number of nitrogens with one attached hydrogen (secondary N) is 1. The van der Waals surface area contributed by atoms with Gasteiger partial charge in [0.15, 0.2) is 10.6 Å². The van der Waals surface area contributed by atoms with Crippen LogP contribution in [0.1, 0.15) is 0 Å². The van der Waals surface area contributed by atoms with E-state index in [0.29, 0.717) is 32.6 Å². The van der Waals surface area contributed by atoms with Gasteiger partial charge in [-0.3, -0.25) is 9.59 Å². The number of benzene rings is 3. The highest BCUT2D eigenvalue weighted by molar-refractivity contribution is 7.14. The lowest BCUT2D eigenvalue weighted by Gasteiger charge is -2.14. The highest BCUT2D eigenvalue weighted by Crippen LogP contribution is 2.25. The molecule has 1 amide bonds. The molecule has 31 heavy (non-hydrogen) atoms. The first kappa shape index (κ1) is 19.1. The van der Waals surface area contributed by atoms with E-state index in [1.165, 1.54) is 23.5 Å². The lowest BCUT2D eigenvalue weighted by Crippen LogP contribution is -2.21. The Bertz CT molecular complexity index is 1430. The largest absolute Gasteiger partial charge is 0.331 e. The van der Waals surface area contributed by atoms with Crippen LogP contribution in [-0.2, 0) is 11.3 Å². The zero-order valence-corrected chi connectivity index (χ0v) is 17.0. The number of carbonyl (C=O) groups is 1. The van der Waals surface area contributed by atoms with Gasteiger partial charge in [-0.15, -0.1) is 11.3 Å². The Kier molecular flexibility index (Phi) is 4.80. The molecule has 152 valence electrons. The highest BCUT2D eigenvalue weighted by atomic mass is 32.1. The van der Waals surface area contributed by atoms with Gasteiger partial charge in [-0.1, -0.05) is 24.3 Å². The van der Waals surface area contributed by atoms with E-state index in [2.05, 4.69) is 10.3 Å². The third-order valence-electron chi connectivity index (χ3n) is 5.07. The molecule has 0 unspecified atom stereocenters. The molecule has 0 atom stereocenters. The van der Waals surface area contributed by atoms with Gasteiger partial charge in [0, 0.05) is 21.7 Å². The third-order valence-corrected chi connectivity index (χ3v) is 5.83. The average molecular weight is 429 g/mol. The Morgan fingerprint density at radius 2 is 1.55 bits per heavy atom. The van der Waals surface area contributed by atoms with Gasteiger partial charge in [-0.05, 0) is 48.5 Å². The van der Waals surface area contributed by atoms with Crippen LogP contribution in [0.15, 0.2) is 83.0 Å². The quantitative estimate of drug-likeness (QED) is 0.407. The topological polar surface area (TPSA) is 64.0 Å². The number of hydrogen-bond acceptors (Lipinski definition) is 4. The van der Waals surface area contributed by atoms with Crippen LogP contribution in [0.2, 0.25) is 0 Å². The normalized spacial score (nSPS) is 11.1. The van der Waals surface area contributed by atoms with E-state index >= 15 is 0 Å². The first-order chi connectivity index (χ1) is 15.1. The fourth-order valence-electron chi connectivity index (χ4n) is 3.63. The molecule has 3 aromatic carbocycles. The molecule has 0 fully saturated rings.